The van der Waals surface area contributed by atoms with Crippen molar-refractivity contribution in [3.8, 4) is 22.2 Å². The first-order valence-corrected chi connectivity index (χ1v) is 10.2. The van der Waals surface area contributed by atoms with E-state index in [1.807, 2.05) is 19.1 Å². The van der Waals surface area contributed by atoms with Crippen LogP contribution in [0.5, 0.6) is 11.6 Å². The summed E-state index contributed by atoms with van der Waals surface area (Å²) in [5.41, 5.74) is 8.64. The average molecular weight is 442 g/mol. The normalized spacial score (nSPS) is 12.1. The zero-order valence-electron chi connectivity index (χ0n) is 17.0. The van der Waals surface area contributed by atoms with Crippen molar-refractivity contribution in [3.63, 3.8) is 0 Å². The number of primary amides is 1. The zero-order chi connectivity index (χ0) is 22.1. The Balaban J connectivity index is 1.71. The number of carbonyl (C=O) groups is 1. The highest BCUT2D eigenvalue weighted by atomic mass is 32.1. The molecule has 0 fully saturated rings. The van der Waals surface area contributed by atoms with Crippen molar-refractivity contribution in [1.29, 1.82) is 0 Å². The second kappa shape index (κ2) is 8.31. The van der Waals surface area contributed by atoms with Gasteiger partial charge in [0.15, 0.2) is 11.6 Å². The largest absolute Gasteiger partial charge is 0.487 e. The molecule has 0 saturated carbocycles. The minimum absolute atomic E-state index is 0.0308. The number of thiazole rings is 1. The highest BCUT2D eigenvalue weighted by Crippen LogP contribution is 2.37. The van der Waals surface area contributed by atoms with Crippen LogP contribution in [-0.4, -0.2) is 40.9 Å². The summed E-state index contributed by atoms with van der Waals surface area (Å²) in [7, 11) is 1.54. The van der Waals surface area contributed by atoms with E-state index in [-0.39, 0.29) is 12.4 Å². The van der Waals surface area contributed by atoms with E-state index in [1.54, 1.807) is 19.2 Å². The Morgan fingerprint density at radius 3 is 2.77 bits per heavy atom. The van der Waals surface area contributed by atoms with Gasteiger partial charge in [0, 0.05) is 17.7 Å². The van der Waals surface area contributed by atoms with Gasteiger partial charge in [-0.3, -0.25) is 0 Å². The number of rotatable bonds is 6. The topological polar surface area (TPSA) is 109 Å². The summed E-state index contributed by atoms with van der Waals surface area (Å²) < 4.78 is 30.7. The first kappa shape index (κ1) is 20.7. The molecular weight excluding hydrogens is 423 g/mol. The summed E-state index contributed by atoms with van der Waals surface area (Å²) in [4.78, 5) is 24.3. The van der Waals surface area contributed by atoms with Crippen LogP contribution in [0.4, 0.5) is 9.18 Å². The number of carbonyl (C=O) groups excluding carboxylic acids is 1. The number of benzene rings is 2. The highest BCUT2D eigenvalue weighted by Gasteiger charge is 2.16. The molecule has 2 N–H and O–H groups in total. The minimum Gasteiger partial charge on any atom is -0.487 e. The number of aryl methyl sites for hydroxylation is 1. The predicted octanol–water partition coefficient (Wildman–Crippen LogP) is 4.23. The van der Waals surface area contributed by atoms with Gasteiger partial charge in [-0.15, -0.1) is 11.3 Å². The second-order valence-corrected chi connectivity index (χ2v) is 7.95. The molecule has 10 heteroatoms. The molecular formula is C21H19FN4O4S. The molecule has 0 radical (unpaired) electrons. The molecule has 4 aromatic rings. The Bertz CT molecular complexity index is 1290. The van der Waals surface area contributed by atoms with Gasteiger partial charge in [0.1, 0.15) is 17.7 Å². The molecule has 0 saturated heterocycles. The molecule has 0 bridgehead atoms. The Kier molecular flexibility index (Phi) is 5.55. The van der Waals surface area contributed by atoms with Crippen LogP contribution in [0.15, 0.2) is 30.5 Å². The van der Waals surface area contributed by atoms with Crippen molar-refractivity contribution in [2.24, 2.45) is 5.73 Å². The first-order chi connectivity index (χ1) is 14.8. The molecule has 4 rings (SSSR count). The van der Waals surface area contributed by atoms with Crippen molar-refractivity contribution >= 4 is 38.7 Å². The van der Waals surface area contributed by atoms with Crippen LogP contribution in [0.3, 0.4) is 0 Å². The number of amides is 1. The molecule has 0 aliphatic rings. The molecule has 0 spiro atoms. The third-order valence-electron chi connectivity index (χ3n) is 4.44. The predicted molar refractivity (Wildman–Crippen MR) is 115 cm³/mol. The highest BCUT2D eigenvalue weighted by molar-refractivity contribution is 7.21. The number of methoxy groups -OCH3 is 1. The van der Waals surface area contributed by atoms with Gasteiger partial charge in [0.2, 0.25) is 5.88 Å². The van der Waals surface area contributed by atoms with Gasteiger partial charge in [0.25, 0.3) is 0 Å². The van der Waals surface area contributed by atoms with E-state index in [4.69, 9.17) is 19.9 Å². The van der Waals surface area contributed by atoms with Gasteiger partial charge >= 0.3 is 6.09 Å². The average Bonchev–Trinajstić information content (AvgIpc) is 3.12. The lowest BCUT2D eigenvalue weighted by molar-refractivity contribution is 0.0811. The lowest BCUT2D eigenvalue weighted by atomic mass is 10.1. The zero-order valence-corrected chi connectivity index (χ0v) is 17.8. The summed E-state index contributed by atoms with van der Waals surface area (Å²) in [5.74, 6) is -0.0951. The maximum atomic E-state index is 14.5. The van der Waals surface area contributed by atoms with Crippen LogP contribution in [0.1, 0.15) is 12.5 Å². The maximum Gasteiger partial charge on any atom is 0.404 e. The fourth-order valence-corrected chi connectivity index (χ4v) is 4.10. The van der Waals surface area contributed by atoms with E-state index in [2.05, 4.69) is 15.0 Å². The van der Waals surface area contributed by atoms with Crippen LogP contribution in [0.25, 0.3) is 31.8 Å². The van der Waals surface area contributed by atoms with Crippen molar-refractivity contribution in [1.82, 2.24) is 15.0 Å². The Morgan fingerprint density at radius 2 is 2.03 bits per heavy atom. The standard InChI is InChI=1S/C21H19FN4O4S/c1-10-4-12(19-15(5-10)25-18(28-3)8-24-19)20-26-14-6-13(22)16(7-17(14)31-20)29-9-11(2)30-21(23)27/h4-8,11H,9H2,1-3H3,(H2,23,27)/t11-/m1/s1. The van der Waals surface area contributed by atoms with E-state index in [9.17, 15) is 9.18 Å². The molecule has 1 amide bonds. The summed E-state index contributed by atoms with van der Waals surface area (Å²) in [6.45, 7) is 3.53. The lowest BCUT2D eigenvalue weighted by Crippen LogP contribution is -2.25. The van der Waals surface area contributed by atoms with Crippen LogP contribution < -0.4 is 15.2 Å². The third-order valence-corrected chi connectivity index (χ3v) is 5.49. The number of aromatic nitrogens is 3. The number of nitrogens with zero attached hydrogens (tertiary/aromatic N) is 3. The van der Waals surface area contributed by atoms with Gasteiger partial charge in [-0.1, -0.05) is 0 Å². The number of ether oxygens (including phenoxy) is 3. The Morgan fingerprint density at radius 1 is 1.23 bits per heavy atom. The molecule has 1 atom stereocenters. The van der Waals surface area contributed by atoms with Gasteiger partial charge in [0.05, 0.1) is 34.6 Å². The molecule has 2 aromatic heterocycles. The number of hydrogen-bond acceptors (Lipinski definition) is 8. The van der Waals surface area contributed by atoms with E-state index in [0.717, 1.165) is 15.8 Å². The Hall–Kier alpha value is -3.53. The molecule has 0 aliphatic heterocycles. The quantitative estimate of drug-likeness (QED) is 0.476. The molecule has 8 nitrogen and oxygen atoms in total. The summed E-state index contributed by atoms with van der Waals surface area (Å²) >= 11 is 1.39. The van der Waals surface area contributed by atoms with Crippen molar-refractivity contribution in [2.75, 3.05) is 13.7 Å². The van der Waals surface area contributed by atoms with E-state index < -0.39 is 18.0 Å². The van der Waals surface area contributed by atoms with Crippen LogP contribution >= 0.6 is 11.3 Å². The molecule has 0 aliphatic carbocycles. The third kappa shape index (κ3) is 4.33. The number of nitrogens with two attached hydrogens (primary N) is 1. The SMILES string of the molecule is COc1cnc2c(-c3nc4cc(F)c(OC[C@@H](C)OC(N)=O)cc4s3)cc(C)cc2n1. The number of hydrogen-bond donors (Lipinski definition) is 1. The summed E-state index contributed by atoms with van der Waals surface area (Å²) in [6, 6.07) is 6.78. The van der Waals surface area contributed by atoms with Gasteiger partial charge in [-0.05, 0) is 31.5 Å². The van der Waals surface area contributed by atoms with Crippen LogP contribution in [0, 0.1) is 12.7 Å². The van der Waals surface area contributed by atoms with E-state index in [0.29, 0.717) is 27.4 Å². The number of halogens is 1. The van der Waals surface area contributed by atoms with Crippen molar-refractivity contribution < 1.29 is 23.4 Å². The molecule has 2 aromatic carbocycles. The number of fused-ring (bicyclic) bond motifs is 2. The van der Waals surface area contributed by atoms with Gasteiger partial charge in [-0.25, -0.2) is 24.1 Å². The van der Waals surface area contributed by atoms with Crippen molar-refractivity contribution in [2.45, 2.75) is 20.0 Å². The Labute approximate surface area is 180 Å². The van der Waals surface area contributed by atoms with Crippen molar-refractivity contribution in [3.05, 3.63) is 41.8 Å². The lowest BCUT2D eigenvalue weighted by Gasteiger charge is -2.13. The second-order valence-electron chi connectivity index (χ2n) is 6.92. The fraction of sp³-hybridized carbons (Fsp3) is 0.238. The maximum absolute atomic E-state index is 14.5. The van der Waals surface area contributed by atoms with Gasteiger partial charge in [-0.2, -0.15) is 0 Å². The minimum atomic E-state index is -0.912. The van der Waals surface area contributed by atoms with E-state index in [1.165, 1.54) is 24.5 Å². The summed E-state index contributed by atoms with van der Waals surface area (Å²) in [6.07, 6.45) is 0.0270. The molecule has 31 heavy (non-hydrogen) atoms. The molecule has 160 valence electrons. The first-order valence-electron chi connectivity index (χ1n) is 9.34. The van der Waals surface area contributed by atoms with Gasteiger partial charge < -0.3 is 19.9 Å². The monoisotopic (exact) mass is 442 g/mol. The summed E-state index contributed by atoms with van der Waals surface area (Å²) in [5, 5.41) is 0.685. The fourth-order valence-electron chi connectivity index (χ4n) is 3.10. The van der Waals surface area contributed by atoms with Crippen LogP contribution in [0.2, 0.25) is 0 Å². The molecule has 2 heterocycles. The smallest absolute Gasteiger partial charge is 0.404 e. The van der Waals surface area contributed by atoms with Crippen LogP contribution in [-0.2, 0) is 4.74 Å². The van der Waals surface area contributed by atoms with E-state index >= 15 is 0 Å². The molecule has 0 unspecified atom stereocenters.